The number of rotatable bonds is 5. The van der Waals surface area contributed by atoms with E-state index in [0.717, 1.165) is 62.2 Å². The quantitative estimate of drug-likeness (QED) is 0.504. The zero-order valence-corrected chi connectivity index (χ0v) is 21.6. The Labute approximate surface area is 212 Å². The SMILES string of the molecule is Br.c1cnc2c(c1)CCC[C@@H]2N(Cc1nc2ccccc2[nH]1)C1CCC(N2CCOCC2)CC1. The molecular formula is C27H36BrN5O. The highest BCUT2D eigenvalue weighted by molar-refractivity contribution is 8.93. The summed E-state index contributed by atoms with van der Waals surface area (Å²) >= 11 is 0. The number of aromatic amines is 1. The van der Waals surface area contributed by atoms with Crippen molar-refractivity contribution in [1.29, 1.82) is 0 Å². The number of hydrogen-bond acceptors (Lipinski definition) is 5. The maximum absolute atomic E-state index is 5.59. The van der Waals surface area contributed by atoms with E-state index in [4.69, 9.17) is 14.7 Å². The molecule has 3 aliphatic rings. The summed E-state index contributed by atoms with van der Waals surface area (Å²) in [5.74, 6) is 1.08. The fraction of sp³-hybridized carbons (Fsp3) is 0.556. The molecule has 1 aliphatic heterocycles. The van der Waals surface area contributed by atoms with E-state index in [1.165, 1.54) is 49.8 Å². The average molecular weight is 527 g/mol. The lowest BCUT2D eigenvalue weighted by atomic mass is 9.85. The molecular weight excluding hydrogens is 490 g/mol. The van der Waals surface area contributed by atoms with Crippen molar-refractivity contribution in [2.75, 3.05) is 26.3 Å². The standard InChI is InChI=1S/C27H35N5O.BrH/c1-2-8-24-23(7-1)29-26(30-24)19-32(25-9-3-5-20-6-4-14-28-27(20)25)22-12-10-21(11-13-22)31-15-17-33-18-16-31;/h1-2,4,6-8,14,21-22,25H,3,5,9-13,15-19H2,(H,29,30);1H/t21?,22?,25-;/m0./s1. The van der Waals surface area contributed by atoms with Crippen LogP contribution in [0.3, 0.4) is 0 Å². The summed E-state index contributed by atoms with van der Waals surface area (Å²) in [5.41, 5.74) is 4.93. The number of imidazole rings is 1. The monoisotopic (exact) mass is 525 g/mol. The number of pyridine rings is 1. The average Bonchev–Trinajstić information content (AvgIpc) is 3.30. The zero-order valence-electron chi connectivity index (χ0n) is 19.9. The molecule has 3 aromatic rings. The summed E-state index contributed by atoms with van der Waals surface area (Å²) in [6.45, 7) is 4.84. The number of H-pyrrole nitrogens is 1. The van der Waals surface area contributed by atoms with Crippen LogP contribution in [-0.2, 0) is 17.7 Å². The van der Waals surface area contributed by atoms with Crippen molar-refractivity contribution < 1.29 is 4.74 Å². The number of benzene rings is 1. The van der Waals surface area contributed by atoms with Gasteiger partial charge in [0.2, 0.25) is 0 Å². The molecule has 1 atom stereocenters. The Bertz CT molecular complexity index is 1040. The normalized spacial score (nSPS) is 25.7. The van der Waals surface area contributed by atoms with Crippen molar-refractivity contribution in [3.63, 3.8) is 0 Å². The minimum atomic E-state index is 0. The van der Waals surface area contributed by atoms with E-state index >= 15 is 0 Å². The molecule has 6 rings (SSSR count). The zero-order chi connectivity index (χ0) is 22.0. The van der Waals surface area contributed by atoms with Crippen LogP contribution < -0.4 is 0 Å². The van der Waals surface area contributed by atoms with Crippen LogP contribution in [0.25, 0.3) is 11.0 Å². The predicted molar refractivity (Wildman–Crippen MR) is 140 cm³/mol. The molecule has 0 amide bonds. The lowest BCUT2D eigenvalue weighted by molar-refractivity contribution is -0.00510. The highest BCUT2D eigenvalue weighted by atomic mass is 79.9. The summed E-state index contributed by atoms with van der Waals surface area (Å²) in [6, 6.07) is 14.4. The second-order valence-electron chi connectivity index (χ2n) is 9.94. The molecule has 34 heavy (non-hydrogen) atoms. The van der Waals surface area contributed by atoms with Crippen LogP contribution in [0.15, 0.2) is 42.6 Å². The van der Waals surface area contributed by atoms with Gasteiger partial charge in [0.05, 0.1) is 42.5 Å². The molecule has 0 radical (unpaired) electrons. The van der Waals surface area contributed by atoms with Crippen LogP contribution in [0.1, 0.15) is 61.6 Å². The molecule has 1 saturated heterocycles. The smallest absolute Gasteiger partial charge is 0.121 e. The van der Waals surface area contributed by atoms with E-state index in [1.54, 1.807) is 0 Å². The third kappa shape index (κ3) is 4.94. The molecule has 0 spiro atoms. The molecule has 0 unspecified atom stereocenters. The topological polar surface area (TPSA) is 57.3 Å². The molecule has 0 bridgehead atoms. The maximum atomic E-state index is 5.59. The summed E-state index contributed by atoms with van der Waals surface area (Å²) in [4.78, 5) is 18.9. The first-order valence-electron chi connectivity index (χ1n) is 12.8. The van der Waals surface area contributed by atoms with E-state index in [-0.39, 0.29) is 17.0 Å². The van der Waals surface area contributed by atoms with Gasteiger partial charge in [-0.25, -0.2) is 4.98 Å². The number of halogens is 1. The highest BCUT2D eigenvalue weighted by Gasteiger charge is 2.36. The largest absolute Gasteiger partial charge is 0.379 e. The third-order valence-electron chi connectivity index (χ3n) is 8.03. The van der Waals surface area contributed by atoms with Gasteiger partial charge in [-0.2, -0.15) is 0 Å². The maximum Gasteiger partial charge on any atom is 0.121 e. The van der Waals surface area contributed by atoms with Crippen molar-refractivity contribution >= 4 is 28.0 Å². The second kappa shape index (κ2) is 10.9. The van der Waals surface area contributed by atoms with E-state index < -0.39 is 0 Å². The molecule has 1 saturated carbocycles. The van der Waals surface area contributed by atoms with E-state index in [0.29, 0.717) is 12.1 Å². The molecule has 2 aromatic heterocycles. The number of para-hydroxylation sites is 2. The molecule has 1 N–H and O–H groups in total. The minimum absolute atomic E-state index is 0. The Morgan fingerprint density at radius 3 is 2.65 bits per heavy atom. The lowest BCUT2D eigenvalue weighted by Crippen LogP contribution is -2.48. The van der Waals surface area contributed by atoms with Crippen LogP contribution in [0.2, 0.25) is 0 Å². The summed E-state index contributed by atoms with van der Waals surface area (Å²) in [5, 5.41) is 0. The fourth-order valence-corrected chi connectivity index (χ4v) is 6.35. The first-order chi connectivity index (χ1) is 16.3. The van der Waals surface area contributed by atoms with Crippen molar-refractivity contribution in [3.8, 4) is 0 Å². The summed E-state index contributed by atoms with van der Waals surface area (Å²) in [7, 11) is 0. The van der Waals surface area contributed by atoms with Gasteiger partial charge in [-0.3, -0.25) is 14.8 Å². The van der Waals surface area contributed by atoms with Crippen LogP contribution in [0.5, 0.6) is 0 Å². The van der Waals surface area contributed by atoms with Crippen molar-refractivity contribution in [2.45, 2.75) is 69.6 Å². The number of aromatic nitrogens is 3. The predicted octanol–water partition coefficient (Wildman–Crippen LogP) is 5.06. The Hall–Kier alpha value is -1.80. The first-order valence-corrected chi connectivity index (χ1v) is 12.8. The van der Waals surface area contributed by atoms with Gasteiger partial charge in [-0.1, -0.05) is 18.2 Å². The Kier molecular flexibility index (Phi) is 7.64. The molecule has 2 fully saturated rings. The number of ether oxygens (including phenoxy) is 1. The van der Waals surface area contributed by atoms with Crippen LogP contribution in [0, 0.1) is 0 Å². The Morgan fingerprint density at radius 2 is 1.82 bits per heavy atom. The van der Waals surface area contributed by atoms with E-state index in [1.807, 2.05) is 6.20 Å². The summed E-state index contributed by atoms with van der Waals surface area (Å²) < 4.78 is 5.59. The van der Waals surface area contributed by atoms with Crippen LogP contribution >= 0.6 is 17.0 Å². The van der Waals surface area contributed by atoms with Crippen molar-refractivity contribution in [2.24, 2.45) is 0 Å². The van der Waals surface area contributed by atoms with Gasteiger partial charge >= 0.3 is 0 Å². The number of aryl methyl sites for hydroxylation is 1. The minimum Gasteiger partial charge on any atom is -0.379 e. The van der Waals surface area contributed by atoms with Gasteiger partial charge in [0.25, 0.3) is 0 Å². The Morgan fingerprint density at radius 1 is 1.00 bits per heavy atom. The summed E-state index contributed by atoms with van der Waals surface area (Å²) in [6.07, 6.45) is 10.6. The van der Waals surface area contributed by atoms with Crippen LogP contribution in [0.4, 0.5) is 0 Å². The van der Waals surface area contributed by atoms with Crippen molar-refractivity contribution in [3.05, 3.63) is 59.7 Å². The number of fused-ring (bicyclic) bond motifs is 2. The third-order valence-corrected chi connectivity index (χ3v) is 8.03. The van der Waals surface area contributed by atoms with Crippen LogP contribution in [-0.4, -0.2) is 63.1 Å². The Balaban J connectivity index is 0.00000241. The first kappa shape index (κ1) is 23.9. The molecule has 1 aromatic carbocycles. The number of hydrogen-bond donors (Lipinski definition) is 1. The van der Waals surface area contributed by atoms with E-state index in [2.05, 4.69) is 51.2 Å². The highest BCUT2D eigenvalue weighted by Crippen LogP contribution is 2.38. The van der Waals surface area contributed by atoms with Gasteiger partial charge in [0.1, 0.15) is 5.82 Å². The van der Waals surface area contributed by atoms with Crippen molar-refractivity contribution in [1.82, 2.24) is 24.8 Å². The van der Waals surface area contributed by atoms with Gasteiger partial charge in [-0.05, 0) is 68.7 Å². The molecule has 7 heteroatoms. The number of nitrogens with one attached hydrogen (secondary N) is 1. The molecule has 2 aliphatic carbocycles. The molecule has 6 nitrogen and oxygen atoms in total. The van der Waals surface area contributed by atoms with Gasteiger partial charge < -0.3 is 9.72 Å². The van der Waals surface area contributed by atoms with Gasteiger partial charge in [0, 0.05) is 31.4 Å². The van der Waals surface area contributed by atoms with Gasteiger partial charge in [-0.15, -0.1) is 17.0 Å². The molecule has 182 valence electrons. The molecule has 3 heterocycles. The number of morpholine rings is 1. The fourth-order valence-electron chi connectivity index (χ4n) is 6.35. The number of nitrogens with zero attached hydrogens (tertiary/aromatic N) is 4. The second-order valence-corrected chi connectivity index (χ2v) is 9.94. The lowest BCUT2D eigenvalue weighted by Gasteiger charge is -2.45. The van der Waals surface area contributed by atoms with E-state index in [9.17, 15) is 0 Å². The van der Waals surface area contributed by atoms with Gasteiger partial charge in [0.15, 0.2) is 0 Å².